The highest BCUT2D eigenvalue weighted by atomic mass is 15.2. The first kappa shape index (κ1) is 12.5. The zero-order valence-electron chi connectivity index (χ0n) is 11.9. The minimum Gasteiger partial charge on any atom is -0.304 e. The summed E-state index contributed by atoms with van der Waals surface area (Å²) in [5, 5.41) is 0. The van der Waals surface area contributed by atoms with Crippen LogP contribution in [0.5, 0.6) is 0 Å². The standard InChI is InChI=1S/C17H18N4/c1-2-7-13(8-3-1)21-16-15(10-6-12-19-16)20-17(21)14-9-4-5-11-18-14/h4-6,9-13H,1-3,7-8H2. The van der Waals surface area contributed by atoms with Crippen LogP contribution in [0.4, 0.5) is 0 Å². The van der Waals surface area contributed by atoms with Gasteiger partial charge in [0.2, 0.25) is 0 Å². The van der Waals surface area contributed by atoms with Crippen LogP contribution < -0.4 is 0 Å². The second kappa shape index (κ2) is 5.28. The Morgan fingerprint density at radius 3 is 2.57 bits per heavy atom. The van der Waals surface area contributed by atoms with E-state index < -0.39 is 0 Å². The fourth-order valence-corrected chi connectivity index (χ4v) is 3.29. The van der Waals surface area contributed by atoms with E-state index in [1.165, 1.54) is 32.1 Å². The molecule has 0 unspecified atom stereocenters. The second-order valence-corrected chi connectivity index (χ2v) is 5.66. The Morgan fingerprint density at radius 2 is 1.76 bits per heavy atom. The molecule has 106 valence electrons. The Morgan fingerprint density at radius 1 is 0.905 bits per heavy atom. The van der Waals surface area contributed by atoms with Crippen molar-refractivity contribution >= 4 is 11.2 Å². The molecule has 4 nitrogen and oxygen atoms in total. The lowest BCUT2D eigenvalue weighted by Gasteiger charge is -2.24. The van der Waals surface area contributed by atoms with E-state index in [1.54, 1.807) is 0 Å². The molecule has 0 N–H and O–H groups in total. The number of pyridine rings is 2. The highest BCUT2D eigenvalue weighted by molar-refractivity contribution is 5.76. The van der Waals surface area contributed by atoms with Crippen LogP contribution in [0.3, 0.4) is 0 Å². The van der Waals surface area contributed by atoms with Crippen LogP contribution in [0.15, 0.2) is 42.7 Å². The Labute approximate surface area is 123 Å². The van der Waals surface area contributed by atoms with E-state index in [0.717, 1.165) is 22.7 Å². The average molecular weight is 278 g/mol. The number of fused-ring (bicyclic) bond motifs is 1. The molecule has 21 heavy (non-hydrogen) atoms. The smallest absolute Gasteiger partial charge is 0.161 e. The van der Waals surface area contributed by atoms with Gasteiger partial charge in [-0.25, -0.2) is 9.97 Å². The van der Waals surface area contributed by atoms with Crippen LogP contribution in [-0.2, 0) is 0 Å². The molecule has 0 saturated heterocycles. The van der Waals surface area contributed by atoms with E-state index in [1.807, 2.05) is 42.7 Å². The van der Waals surface area contributed by atoms with Crippen LogP contribution in [0, 0.1) is 0 Å². The fourth-order valence-electron chi connectivity index (χ4n) is 3.29. The molecule has 1 saturated carbocycles. The van der Waals surface area contributed by atoms with Crippen molar-refractivity contribution in [3.05, 3.63) is 42.7 Å². The lowest BCUT2D eigenvalue weighted by atomic mass is 9.95. The van der Waals surface area contributed by atoms with Gasteiger partial charge in [0.25, 0.3) is 0 Å². The van der Waals surface area contributed by atoms with Gasteiger partial charge in [0, 0.05) is 18.4 Å². The van der Waals surface area contributed by atoms with Crippen molar-refractivity contribution in [3.63, 3.8) is 0 Å². The Bertz CT molecular complexity index is 742. The Hall–Kier alpha value is -2.23. The molecule has 0 aromatic carbocycles. The zero-order valence-corrected chi connectivity index (χ0v) is 11.9. The van der Waals surface area contributed by atoms with Crippen LogP contribution in [-0.4, -0.2) is 19.5 Å². The molecule has 3 aromatic rings. The van der Waals surface area contributed by atoms with Crippen LogP contribution in [0.1, 0.15) is 38.1 Å². The van der Waals surface area contributed by atoms with Crippen LogP contribution >= 0.6 is 0 Å². The normalized spacial score (nSPS) is 16.4. The largest absolute Gasteiger partial charge is 0.304 e. The molecule has 0 atom stereocenters. The molecule has 1 fully saturated rings. The van der Waals surface area contributed by atoms with E-state index in [4.69, 9.17) is 4.98 Å². The SMILES string of the molecule is c1ccc(-c2nc3cccnc3n2C2CCCCC2)nc1. The fraction of sp³-hybridized carbons (Fsp3) is 0.353. The van der Waals surface area contributed by atoms with Crippen LogP contribution in [0.25, 0.3) is 22.7 Å². The summed E-state index contributed by atoms with van der Waals surface area (Å²) in [5.74, 6) is 0.955. The third kappa shape index (κ3) is 2.20. The molecule has 4 rings (SSSR count). The Balaban J connectivity index is 1.92. The van der Waals surface area contributed by atoms with Gasteiger partial charge in [-0.3, -0.25) is 4.98 Å². The topological polar surface area (TPSA) is 43.6 Å². The van der Waals surface area contributed by atoms with Gasteiger partial charge in [-0.15, -0.1) is 0 Å². The number of aromatic nitrogens is 4. The van der Waals surface area contributed by atoms with Gasteiger partial charge < -0.3 is 4.57 Å². The molecule has 1 aliphatic rings. The molecule has 1 aliphatic carbocycles. The first-order valence-corrected chi connectivity index (χ1v) is 7.68. The lowest BCUT2D eigenvalue weighted by molar-refractivity contribution is 0.361. The average Bonchev–Trinajstić information content (AvgIpc) is 2.96. The van der Waals surface area contributed by atoms with Crippen molar-refractivity contribution in [1.29, 1.82) is 0 Å². The maximum Gasteiger partial charge on any atom is 0.161 e. The molecule has 0 spiro atoms. The molecular weight excluding hydrogens is 260 g/mol. The molecule has 4 heteroatoms. The van der Waals surface area contributed by atoms with Gasteiger partial charge in [-0.1, -0.05) is 25.3 Å². The third-order valence-corrected chi connectivity index (χ3v) is 4.28. The van der Waals surface area contributed by atoms with E-state index in [-0.39, 0.29) is 0 Å². The highest BCUT2D eigenvalue weighted by Gasteiger charge is 2.23. The number of imidazole rings is 1. The summed E-state index contributed by atoms with van der Waals surface area (Å²) < 4.78 is 2.32. The molecule has 3 aromatic heterocycles. The van der Waals surface area contributed by atoms with Crippen molar-refractivity contribution < 1.29 is 0 Å². The van der Waals surface area contributed by atoms with Gasteiger partial charge in [0.1, 0.15) is 11.2 Å². The summed E-state index contributed by atoms with van der Waals surface area (Å²) in [6.45, 7) is 0. The van der Waals surface area contributed by atoms with Crippen molar-refractivity contribution in [2.24, 2.45) is 0 Å². The predicted molar refractivity (Wildman–Crippen MR) is 82.9 cm³/mol. The highest BCUT2D eigenvalue weighted by Crippen LogP contribution is 2.34. The molecule has 0 bridgehead atoms. The van der Waals surface area contributed by atoms with Crippen molar-refractivity contribution in [1.82, 2.24) is 19.5 Å². The van der Waals surface area contributed by atoms with Crippen molar-refractivity contribution in [2.75, 3.05) is 0 Å². The summed E-state index contributed by atoms with van der Waals surface area (Å²) in [6, 6.07) is 10.5. The van der Waals surface area contributed by atoms with Crippen LogP contribution in [0.2, 0.25) is 0 Å². The monoisotopic (exact) mass is 278 g/mol. The maximum atomic E-state index is 4.80. The number of hydrogen-bond acceptors (Lipinski definition) is 3. The van der Waals surface area contributed by atoms with E-state index in [0.29, 0.717) is 6.04 Å². The summed E-state index contributed by atoms with van der Waals surface area (Å²) in [4.78, 5) is 13.9. The van der Waals surface area contributed by atoms with E-state index >= 15 is 0 Å². The number of nitrogens with zero attached hydrogens (tertiary/aromatic N) is 4. The number of rotatable bonds is 2. The summed E-state index contributed by atoms with van der Waals surface area (Å²) >= 11 is 0. The van der Waals surface area contributed by atoms with Gasteiger partial charge in [0.15, 0.2) is 11.5 Å². The third-order valence-electron chi connectivity index (χ3n) is 4.28. The second-order valence-electron chi connectivity index (χ2n) is 5.66. The molecule has 3 heterocycles. The first-order chi connectivity index (χ1) is 10.4. The van der Waals surface area contributed by atoms with Crippen molar-refractivity contribution in [3.8, 4) is 11.5 Å². The van der Waals surface area contributed by atoms with Gasteiger partial charge >= 0.3 is 0 Å². The first-order valence-electron chi connectivity index (χ1n) is 7.68. The Kier molecular flexibility index (Phi) is 3.14. The lowest BCUT2D eigenvalue weighted by Crippen LogP contribution is -2.14. The summed E-state index contributed by atoms with van der Waals surface area (Å²) in [7, 11) is 0. The van der Waals surface area contributed by atoms with Gasteiger partial charge in [0.05, 0.1) is 0 Å². The molecular formula is C17H18N4. The predicted octanol–water partition coefficient (Wildman–Crippen LogP) is 4.00. The molecule has 0 radical (unpaired) electrons. The molecule has 0 aliphatic heterocycles. The minimum atomic E-state index is 0.496. The summed E-state index contributed by atoms with van der Waals surface area (Å²) in [6.07, 6.45) is 10.0. The van der Waals surface area contributed by atoms with Gasteiger partial charge in [-0.2, -0.15) is 0 Å². The minimum absolute atomic E-state index is 0.496. The van der Waals surface area contributed by atoms with Crippen molar-refractivity contribution in [2.45, 2.75) is 38.1 Å². The van der Waals surface area contributed by atoms with E-state index in [2.05, 4.69) is 14.5 Å². The quantitative estimate of drug-likeness (QED) is 0.711. The number of hydrogen-bond donors (Lipinski definition) is 0. The molecule has 0 amide bonds. The summed E-state index contributed by atoms with van der Waals surface area (Å²) in [5.41, 5.74) is 2.88. The maximum absolute atomic E-state index is 4.80. The zero-order chi connectivity index (χ0) is 14.1. The van der Waals surface area contributed by atoms with E-state index in [9.17, 15) is 0 Å². The van der Waals surface area contributed by atoms with Gasteiger partial charge in [-0.05, 0) is 37.1 Å².